The van der Waals surface area contributed by atoms with Gasteiger partial charge >= 0.3 is 0 Å². The Kier molecular flexibility index (Phi) is 2.38. The van der Waals surface area contributed by atoms with Crippen LogP contribution in [0, 0.1) is 6.92 Å². The SMILES string of the molecule is Cc1nc(Br)nc(N(C)C)n1. The van der Waals surface area contributed by atoms with Crippen molar-refractivity contribution in [3.63, 3.8) is 0 Å². The molecule has 11 heavy (non-hydrogen) atoms. The molecule has 0 atom stereocenters. The van der Waals surface area contributed by atoms with E-state index in [0.717, 1.165) is 5.82 Å². The maximum absolute atomic E-state index is 4.11. The van der Waals surface area contributed by atoms with E-state index in [1.807, 2.05) is 25.9 Å². The molecule has 0 aliphatic rings. The average Bonchev–Trinajstić information content (AvgIpc) is 1.85. The molecule has 0 aliphatic carbocycles. The van der Waals surface area contributed by atoms with Crippen LogP contribution in [0.3, 0.4) is 0 Å². The van der Waals surface area contributed by atoms with Gasteiger partial charge in [-0.1, -0.05) is 0 Å². The first-order valence-corrected chi connectivity index (χ1v) is 3.94. The molecule has 1 aromatic rings. The first-order chi connectivity index (χ1) is 5.09. The van der Waals surface area contributed by atoms with Crippen LogP contribution in [0.5, 0.6) is 0 Å². The summed E-state index contributed by atoms with van der Waals surface area (Å²) in [5.74, 6) is 1.39. The largest absolute Gasteiger partial charge is 0.347 e. The number of anilines is 1. The number of aryl methyl sites for hydroxylation is 1. The second-order valence-electron chi connectivity index (χ2n) is 2.35. The van der Waals surface area contributed by atoms with Crippen LogP contribution in [0.25, 0.3) is 0 Å². The Morgan fingerprint density at radius 3 is 2.27 bits per heavy atom. The Balaban J connectivity index is 3.08. The summed E-state index contributed by atoms with van der Waals surface area (Å²) >= 11 is 3.19. The summed E-state index contributed by atoms with van der Waals surface area (Å²) in [6.45, 7) is 1.83. The third-order valence-electron chi connectivity index (χ3n) is 1.11. The van der Waals surface area contributed by atoms with E-state index in [9.17, 15) is 0 Å². The number of aromatic nitrogens is 3. The van der Waals surface area contributed by atoms with Gasteiger partial charge in [0.1, 0.15) is 5.82 Å². The smallest absolute Gasteiger partial charge is 0.229 e. The zero-order chi connectivity index (χ0) is 8.43. The fraction of sp³-hybridized carbons (Fsp3) is 0.500. The molecule has 0 fully saturated rings. The first kappa shape index (κ1) is 8.39. The topological polar surface area (TPSA) is 41.9 Å². The van der Waals surface area contributed by atoms with Gasteiger partial charge in [-0.05, 0) is 22.9 Å². The highest BCUT2D eigenvalue weighted by Crippen LogP contribution is 2.07. The first-order valence-electron chi connectivity index (χ1n) is 3.15. The second-order valence-corrected chi connectivity index (χ2v) is 3.06. The predicted molar refractivity (Wildman–Crippen MR) is 46.6 cm³/mol. The molecule has 0 aromatic carbocycles. The van der Waals surface area contributed by atoms with Crippen LogP contribution in [0.4, 0.5) is 5.95 Å². The van der Waals surface area contributed by atoms with Gasteiger partial charge in [0.2, 0.25) is 10.7 Å². The van der Waals surface area contributed by atoms with Crippen molar-refractivity contribution in [3.05, 3.63) is 10.6 Å². The zero-order valence-electron chi connectivity index (χ0n) is 6.67. The summed E-state index contributed by atoms with van der Waals surface area (Å²) in [4.78, 5) is 14.0. The average molecular weight is 217 g/mol. The minimum absolute atomic E-state index is 0.578. The van der Waals surface area contributed by atoms with Crippen LogP contribution in [0.2, 0.25) is 0 Å². The lowest BCUT2D eigenvalue weighted by atomic mass is 10.7. The van der Waals surface area contributed by atoms with Crippen LogP contribution in [-0.4, -0.2) is 29.0 Å². The summed E-state index contributed by atoms with van der Waals surface area (Å²) in [7, 11) is 3.78. The quantitative estimate of drug-likeness (QED) is 0.703. The van der Waals surface area contributed by atoms with Gasteiger partial charge in [0.05, 0.1) is 0 Å². The molecule has 0 saturated carbocycles. The van der Waals surface area contributed by atoms with Gasteiger partial charge in [0.15, 0.2) is 0 Å². The summed E-state index contributed by atoms with van der Waals surface area (Å²) < 4.78 is 0.578. The fourth-order valence-electron chi connectivity index (χ4n) is 0.636. The van der Waals surface area contributed by atoms with Gasteiger partial charge in [-0.15, -0.1) is 0 Å². The highest BCUT2D eigenvalue weighted by molar-refractivity contribution is 9.10. The Labute approximate surface area is 73.8 Å². The number of hydrogen-bond acceptors (Lipinski definition) is 4. The van der Waals surface area contributed by atoms with Crippen LogP contribution in [0.15, 0.2) is 4.73 Å². The van der Waals surface area contributed by atoms with Crippen LogP contribution < -0.4 is 4.90 Å². The van der Waals surface area contributed by atoms with E-state index in [4.69, 9.17) is 0 Å². The zero-order valence-corrected chi connectivity index (χ0v) is 8.25. The maximum Gasteiger partial charge on any atom is 0.229 e. The minimum atomic E-state index is 0.578. The van der Waals surface area contributed by atoms with E-state index in [1.165, 1.54) is 0 Å². The van der Waals surface area contributed by atoms with Crippen molar-refractivity contribution in [2.24, 2.45) is 0 Å². The lowest BCUT2D eigenvalue weighted by Crippen LogP contribution is -2.14. The molecule has 0 N–H and O–H groups in total. The van der Waals surface area contributed by atoms with Crippen LogP contribution in [0.1, 0.15) is 5.82 Å². The van der Waals surface area contributed by atoms with E-state index in [2.05, 4.69) is 30.9 Å². The molecular formula is C6H9BrN4. The van der Waals surface area contributed by atoms with Gasteiger partial charge in [-0.25, -0.2) is 4.98 Å². The summed E-state index contributed by atoms with van der Waals surface area (Å²) in [5.41, 5.74) is 0. The van der Waals surface area contributed by atoms with E-state index < -0.39 is 0 Å². The lowest BCUT2D eigenvalue weighted by Gasteiger charge is -2.09. The van der Waals surface area contributed by atoms with Crippen molar-refractivity contribution in [3.8, 4) is 0 Å². The Morgan fingerprint density at radius 2 is 1.82 bits per heavy atom. The van der Waals surface area contributed by atoms with Crippen LogP contribution in [-0.2, 0) is 0 Å². The predicted octanol–water partition coefficient (Wildman–Crippen LogP) is 1.01. The van der Waals surface area contributed by atoms with E-state index in [1.54, 1.807) is 0 Å². The summed E-state index contributed by atoms with van der Waals surface area (Å²) in [6.07, 6.45) is 0. The number of rotatable bonds is 1. The van der Waals surface area contributed by atoms with Gasteiger partial charge in [0, 0.05) is 14.1 Å². The molecule has 0 aliphatic heterocycles. The Hall–Kier alpha value is -0.710. The molecular weight excluding hydrogens is 208 g/mol. The van der Waals surface area contributed by atoms with E-state index >= 15 is 0 Å². The normalized spacial score (nSPS) is 9.82. The third kappa shape index (κ3) is 2.11. The van der Waals surface area contributed by atoms with Crippen molar-refractivity contribution in [1.29, 1.82) is 0 Å². The van der Waals surface area contributed by atoms with Gasteiger partial charge in [-0.3, -0.25) is 0 Å². The highest BCUT2D eigenvalue weighted by Gasteiger charge is 2.01. The Bertz CT molecular complexity index is 241. The van der Waals surface area contributed by atoms with Crippen molar-refractivity contribution in [1.82, 2.24) is 15.0 Å². The second kappa shape index (κ2) is 3.13. The van der Waals surface area contributed by atoms with Crippen molar-refractivity contribution in [2.75, 3.05) is 19.0 Å². The third-order valence-corrected chi connectivity index (χ3v) is 1.46. The summed E-state index contributed by atoms with van der Waals surface area (Å²) in [5, 5.41) is 0. The molecule has 0 amide bonds. The standard InChI is InChI=1S/C6H9BrN4/c1-4-8-5(7)10-6(9-4)11(2)3/h1-3H3. The van der Waals surface area contributed by atoms with Crippen molar-refractivity contribution in [2.45, 2.75) is 6.92 Å². The highest BCUT2D eigenvalue weighted by atomic mass is 79.9. The number of nitrogens with zero attached hydrogens (tertiary/aromatic N) is 4. The lowest BCUT2D eigenvalue weighted by molar-refractivity contribution is 0.896. The van der Waals surface area contributed by atoms with Crippen molar-refractivity contribution >= 4 is 21.9 Å². The van der Waals surface area contributed by atoms with E-state index in [0.29, 0.717) is 10.7 Å². The van der Waals surface area contributed by atoms with Crippen LogP contribution >= 0.6 is 15.9 Å². The molecule has 1 aromatic heterocycles. The fourth-order valence-corrected chi connectivity index (χ4v) is 1.05. The molecule has 4 nitrogen and oxygen atoms in total. The molecule has 0 radical (unpaired) electrons. The maximum atomic E-state index is 4.11. The van der Waals surface area contributed by atoms with Gasteiger partial charge in [-0.2, -0.15) is 9.97 Å². The number of halogens is 1. The molecule has 0 saturated heterocycles. The molecule has 0 unspecified atom stereocenters. The van der Waals surface area contributed by atoms with E-state index in [-0.39, 0.29) is 0 Å². The monoisotopic (exact) mass is 216 g/mol. The Morgan fingerprint density at radius 1 is 1.18 bits per heavy atom. The summed E-state index contributed by atoms with van der Waals surface area (Å²) in [6, 6.07) is 0. The minimum Gasteiger partial charge on any atom is -0.347 e. The molecule has 60 valence electrons. The number of hydrogen-bond donors (Lipinski definition) is 0. The van der Waals surface area contributed by atoms with Gasteiger partial charge in [0.25, 0.3) is 0 Å². The van der Waals surface area contributed by atoms with Gasteiger partial charge < -0.3 is 4.90 Å². The molecule has 1 rings (SSSR count). The molecule has 1 heterocycles. The molecule has 0 spiro atoms. The molecule has 0 bridgehead atoms. The van der Waals surface area contributed by atoms with Crippen molar-refractivity contribution < 1.29 is 0 Å². The molecule has 5 heteroatoms.